The fourth-order valence-corrected chi connectivity index (χ4v) is 2.15. The quantitative estimate of drug-likeness (QED) is 0.690. The molecule has 0 unspecified atom stereocenters. The zero-order valence-electron chi connectivity index (χ0n) is 13.5. The maximum absolute atomic E-state index is 5.73. The van der Waals surface area contributed by atoms with Gasteiger partial charge in [0.15, 0.2) is 0 Å². The fourth-order valence-electron chi connectivity index (χ4n) is 2.15. The number of anilines is 1. The summed E-state index contributed by atoms with van der Waals surface area (Å²) in [5, 5.41) is 3.38. The van der Waals surface area contributed by atoms with E-state index in [1.165, 1.54) is 5.56 Å². The van der Waals surface area contributed by atoms with Gasteiger partial charge in [0, 0.05) is 12.2 Å². The van der Waals surface area contributed by atoms with Crippen molar-refractivity contribution in [2.24, 2.45) is 0 Å². The van der Waals surface area contributed by atoms with Crippen LogP contribution in [0.3, 0.4) is 0 Å². The molecule has 1 N–H and O–H groups in total. The Kier molecular flexibility index (Phi) is 6.62. The highest BCUT2D eigenvalue weighted by atomic mass is 16.5. The van der Waals surface area contributed by atoms with Crippen molar-refractivity contribution in [3.63, 3.8) is 0 Å². The third-order valence-corrected chi connectivity index (χ3v) is 3.42. The van der Waals surface area contributed by atoms with Gasteiger partial charge in [-0.1, -0.05) is 19.1 Å². The van der Waals surface area contributed by atoms with Crippen molar-refractivity contribution in [2.75, 3.05) is 25.1 Å². The van der Waals surface area contributed by atoms with Crippen LogP contribution in [0.4, 0.5) is 5.69 Å². The minimum absolute atomic E-state index is 0.698. The Balaban J connectivity index is 1.64. The molecule has 2 rings (SSSR count). The van der Waals surface area contributed by atoms with Gasteiger partial charge in [0.2, 0.25) is 0 Å². The summed E-state index contributed by atoms with van der Waals surface area (Å²) in [7, 11) is 0. The van der Waals surface area contributed by atoms with Gasteiger partial charge in [-0.3, -0.25) is 0 Å². The summed E-state index contributed by atoms with van der Waals surface area (Å²) in [6.07, 6.45) is 2.02. The molecule has 2 aromatic carbocycles. The molecule has 0 heterocycles. The third-order valence-electron chi connectivity index (χ3n) is 3.42. The maximum atomic E-state index is 5.73. The van der Waals surface area contributed by atoms with Gasteiger partial charge < -0.3 is 14.8 Å². The first kappa shape index (κ1) is 16.2. The zero-order chi connectivity index (χ0) is 15.6. The Morgan fingerprint density at radius 1 is 0.818 bits per heavy atom. The standard InChI is InChI=1S/C19H25NO2/c1-3-16-6-10-19(11-7-16)22-15-5-14-20-17-8-12-18(13-9-17)21-4-2/h6-13,20H,3-5,14-15H2,1-2H3. The predicted molar refractivity (Wildman–Crippen MR) is 92.0 cm³/mol. The first-order chi connectivity index (χ1) is 10.8. The smallest absolute Gasteiger partial charge is 0.119 e. The second kappa shape index (κ2) is 8.98. The van der Waals surface area contributed by atoms with Gasteiger partial charge in [0.25, 0.3) is 0 Å². The Hall–Kier alpha value is -2.16. The summed E-state index contributed by atoms with van der Waals surface area (Å²) in [6.45, 7) is 6.45. The molecule has 0 atom stereocenters. The highest BCUT2D eigenvalue weighted by molar-refractivity contribution is 5.46. The Morgan fingerprint density at radius 3 is 2.09 bits per heavy atom. The normalized spacial score (nSPS) is 10.3. The van der Waals surface area contributed by atoms with E-state index in [0.717, 1.165) is 43.2 Å². The summed E-state index contributed by atoms with van der Waals surface area (Å²) in [4.78, 5) is 0. The Morgan fingerprint density at radius 2 is 1.45 bits per heavy atom. The van der Waals surface area contributed by atoms with E-state index in [1.807, 2.05) is 43.3 Å². The number of aryl methyl sites for hydroxylation is 1. The van der Waals surface area contributed by atoms with E-state index in [0.29, 0.717) is 6.61 Å². The molecule has 3 heteroatoms. The summed E-state index contributed by atoms with van der Waals surface area (Å²) in [5.74, 6) is 1.85. The van der Waals surface area contributed by atoms with Crippen LogP contribution in [0.25, 0.3) is 0 Å². The second-order valence-corrected chi connectivity index (χ2v) is 5.08. The number of rotatable bonds is 9. The molecule has 22 heavy (non-hydrogen) atoms. The van der Waals surface area contributed by atoms with Crippen LogP contribution >= 0.6 is 0 Å². The van der Waals surface area contributed by atoms with E-state index in [1.54, 1.807) is 0 Å². The number of hydrogen-bond donors (Lipinski definition) is 1. The van der Waals surface area contributed by atoms with E-state index < -0.39 is 0 Å². The van der Waals surface area contributed by atoms with Gasteiger partial charge in [0.1, 0.15) is 11.5 Å². The lowest BCUT2D eigenvalue weighted by Crippen LogP contribution is -2.07. The molecule has 0 fully saturated rings. The van der Waals surface area contributed by atoms with Crippen LogP contribution in [0.15, 0.2) is 48.5 Å². The summed E-state index contributed by atoms with van der Waals surface area (Å²) < 4.78 is 11.2. The molecule has 0 aliphatic heterocycles. The zero-order valence-corrected chi connectivity index (χ0v) is 13.5. The van der Waals surface area contributed by atoms with E-state index in [4.69, 9.17) is 9.47 Å². The number of benzene rings is 2. The highest BCUT2D eigenvalue weighted by Crippen LogP contribution is 2.16. The topological polar surface area (TPSA) is 30.5 Å². The van der Waals surface area contributed by atoms with Crippen molar-refractivity contribution in [3.8, 4) is 11.5 Å². The lowest BCUT2D eigenvalue weighted by Gasteiger charge is -2.09. The predicted octanol–water partition coefficient (Wildman–Crippen LogP) is 4.53. The molecular weight excluding hydrogens is 274 g/mol. The fraction of sp³-hybridized carbons (Fsp3) is 0.368. The molecule has 0 aliphatic carbocycles. The molecule has 0 bridgehead atoms. The van der Waals surface area contributed by atoms with Crippen LogP contribution in [0.2, 0.25) is 0 Å². The molecular formula is C19H25NO2. The van der Waals surface area contributed by atoms with Crippen molar-refractivity contribution in [3.05, 3.63) is 54.1 Å². The van der Waals surface area contributed by atoms with Crippen LogP contribution in [-0.2, 0) is 6.42 Å². The summed E-state index contributed by atoms with van der Waals surface area (Å²) >= 11 is 0. The lowest BCUT2D eigenvalue weighted by atomic mass is 10.2. The summed E-state index contributed by atoms with van der Waals surface area (Å²) in [5.41, 5.74) is 2.44. The number of hydrogen-bond acceptors (Lipinski definition) is 3. The van der Waals surface area contributed by atoms with Gasteiger partial charge in [0.05, 0.1) is 13.2 Å². The molecule has 0 amide bonds. The first-order valence-corrected chi connectivity index (χ1v) is 8.00. The minimum atomic E-state index is 0.698. The second-order valence-electron chi connectivity index (χ2n) is 5.08. The average Bonchev–Trinajstić information content (AvgIpc) is 2.57. The Labute approximate surface area is 133 Å². The van der Waals surface area contributed by atoms with Crippen LogP contribution in [-0.4, -0.2) is 19.8 Å². The molecule has 118 valence electrons. The SMILES string of the molecule is CCOc1ccc(NCCCOc2ccc(CC)cc2)cc1. The molecule has 0 spiro atoms. The molecule has 0 aromatic heterocycles. The minimum Gasteiger partial charge on any atom is -0.494 e. The van der Waals surface area contributed by atoms with Crippen molar-refractivity contribution < 1.29 is 9.47 Å². The van der Waals surface area contributed by atoms with Crippen molar-refractivity contribution in [2.45, 2.75) is 26.7 Å². The van der Waals surface area contributed by atoms with Crippen LogP contribution in [0.5, 0.6) is 11.5 Å². The van der Waals surface area contributed by atoms with E-state index in [-0.39, 0.29) is 0 Å². The molecule has 0 aliphatic rings. The number of ether oxygens (including phenoxy) is 2. The molecule has 3 nitrogen and oxygen atoms in total. The van der Waals surface area contributed by atoms with Crippen LogP contribution in [0.1, 0.15) is 25.8 Å². The molecule has 0 saturated heterocycles. The van der Waals surface area contributed by atoms with E-state index >= 15 is 0 Å². The average molecular weight is 299 g/mol. The molecule has 2 aromatic rings. The van der Waals surface area contributed by atoms with Gasteiger partial charge in [-0.15, -0.1) is 0 Å². The van der Waals surface area contributed by atoms with Crippen molar-refractivity contribution in [1.82, 2.24) is 0 Å². The monoisotopic (exact) mass is 299 g/mol. The third kappa shape index (κ3) is 5.32. The summed E-state index contributed by atoms with van der Waals surface area (Å²) in [6, 6.07) is 16.4. The molecule has 0 radical (unpaired) electrons. The Bertz CT molecular complexity index is 534. The maximum Gasteiger partial charge on any atom is 0.119 e. The van der Waals surface area contributed by atoms with Gasteiger partial charge >= 0.3 is 0 Å². The number of nitrogens with one attached hydrogen (secondary N) is 1. The van der Waals surface area contributed by atoms with E-state index in [9.17, 15) is 0 Å². The lowest BCUT2D eigenvalue weighted by molar-refractivity contribution is 0.315. The van der Waals surface area contributed by atoms with Crippen molar-refractivity contribution >= 4 is 5.69 Å². The van der Waals surface area contributed by atoms with Crippen molar-refractivity contribution in [1.29, 1.82) is 0 Å². The van der Waals surface area contributed by atoms with Crippen LogP contribution in [0, 0.1) is 0 Å². The van der Waals surface area contributed by atoms with Gasteiger partial charge in [-0.25, -0.2) is 0 Å². The van der Waals surface area contributed by atoms with Gasteiger partial charge in [-0.2, -0.15) is 0 Å². The first-order valence-electron chi connectivity index (χ1n) is 8.00. The molecule has 0 saturated carbocycles. The largest absolute Gasteiger partial charge is 0.494 e. The van der Waals surface area contributed by atoms with Crippen LogP contribution < -0.4 is 14.8 Å². The highest BCUT2D eigenvalue weighted by Gasteiger charge is 1.96. The van der Waals surface area contributed by atoms with E-state index in [2.05, 4.69) is 24.4 Å². The van der Waals surface area contributed by atoms with Gasteiger partial charge in [-0.05, 0) is 61.7 Å².